The molecule has 0 radical (unpaired) electrons. The van der Waals surface area contributed by atoms with Crippen LogP contribution in [0.4, 0.5) is 0 Å². The monoisotopic (exact) mass is 808 g/mol. The molecule has 0 fully saturated rings. The minimum atomic E-state index is -0.823. The van der Waals surface area contributed by atoms with Gasteiger partial charge in [0.15, 0.2) is 0 Å². The Morgan fingerprint density at radius 2 is 1.00 bits per heavy atom. The van der Waals surface area contributed by atoms with Crippen LogP contribution in [0.15, 0.2) is 85.1 Å². The van der Waals surface area contributed by atoms with Gasteiger partial charge in [0.1, 0.15) is 6.10 Å². The number of rotatable bonds is 41. The van der Waals surface area contributed by atoms with Gasteiger partial charge in [-0.05, 0) is 76.7 Å². The summed E-state index contributed by atoms with van der Waals surface area (Å²) in [6, 6.07) is -0.746. The Labute approximate surface area is 357 Å². The zero-order valence-electron chi connectivity index (χ0n) is 37.6. The van der Waals surface area contributed by atoms with Crippen molar-refractivity contribution in [3.8, 4) is 0 Å². The number of ether oxygens (including phenoxy) is 1. The number of esters is 1. The molecule has 0 aliphatic rings. The standard InChI is InChI=1S/C52H89NO5/c1-4-7-10-13-16-19-22-24-25-26-27-28-29-31-34-37-40-43-48(58-52(57)45-42-39-36-33-21-18-15-12-9-6-3)46-51(56)53-49(47-54)50(55)44-41-38-35-32-30-23-20-17-14-11-8-5-2/h7,10,12,15-16,19,24-25,27-28,31,34,40,43,48-50,54-55H,4-6,8-9,11,13-14,17-18,20-23,26,29-30,32-33,35-39,41-42,44-47H2,1-3H3,(H,53,56)/b10-7-,15-12-,19-16-,25-24-,28-27-,34-31-,43-40-. The lowest BCUT2D eigenvalue weighted by molar-refractivity contribution is -0.148. The van der Waals surface area contributed by atoms with E-state index < -0.39 is 18.2 Å². The number of carbonyl (C=O) groups excluding carboxylic acids is 2. The maximum absolute atomic E-state index is 13.1. The molecule has 0 aromatic rings. The first-order valence-electron chi connectivity index (χ1n) is 23.8. The summed E-state index contributed by atoms with van der Waals surface area (Å²) < 4.78 is 5.79. The lowest BCUT2D eigenvalue weighted by Crippen LogP contribution is -2.46. The van der Waals surface area contributed by atoms with Crippen molar-refractivity contribution in [1.82, 2.24) is 5.32 Å². The minimum Gasteiger partial charge on any atom is -0.458 e. The third kappa shape index (κ3) is 39.8. The molecule has 0 bridgehead atoms. The van der Waals surface area contributed by atoms with E-state index in [1.165, 1.54) is 70.6 Å². The quantitative estimate of drug-likeness (QED) is 0.0325. The molecule has 6 heteroatoms. The highest BCUT2D eigenvalue weighted by atomic mass is 16.5. The molecule has 3 N–H and O–H groups in total. The molecule has 6 nitrogen and oxygen atoms in total. The molecule has 0 heterocycles. The minimum absolute atomic E-state index is 0.0543. The van der Waals surface area contributed by atoms with Crippen LogP contribution >= 0.6 is 0 Å². The molecule has 1 amide bonds. The molecule has 3 unspecified atom stereocenters. The number of carbonyl (C=O) groups is 2. The van der Waals surface area contributed by atoms with E-state index >= 15 is 0 Å². The van der Waals surface area contributed by atoms with Gasteiger partial charge in [0, 0.05) is 6.42 Å². The molecule has 0 aliphatic heterocycles. The van der Waals surface area contributed by atoms with Crippen molar-refractivity contribution < 1.29 is 24.5 Å². The summed E-state index contributed by atoms with van der Waals surface area (Å²) in [5.74, 6) is -0.649. The maximum atomic E-state index is 13.1. The van der Waals surface area contributed by atoms with E-state index in [2.05, 4.69) is 99.0 Å². The number of unbranched alkanes of at least 4 members (excludes halogenated alkanes) is 17. The largest absolute Gasteiger partial charge is 0.458 e. The van der Waals surface area contributed by atoms with E-state index in [0.717, 1.165) is 89.9 Å². The van der Waals surface area contributed by atoms with Gasteiger partial charge in [-0.2, -0.15) is 0 Å². The number of aliphatic hydroxyl groups excluding tert-OH is 2. The second kappa shape index (κ2) is 45.1. The van der Waals surface area contributed by atoms with E-state index in [1.807, 2.05) is 6.08 Å². The Bertz CT molecular complexity index is 1130. The van der Waals surface area contributed by atoms with Crippen LogP contribution in [0.25, 0.3) is 0 Å². The number of hydrogen-bond donors (Lipinski definition) is 3. The number of hydrogen-bond acceptors (Lipinski definition) is 5. The highest BCUT2D eigenvalue weighted by Gasteiger charge is 2.23. The van der Waals surface area contributed by atoms with Crippen LogP contribution in [-0.4, -0.2) is 46.9 Å². The predicted molar refractivity (Wildman–Crippen MR) is 250 cm³/mol. The molecule has 0 aromatic heterocycles. The zero-order valence-corrected chi connectivity index (χ0v) is 37.6. The van der Waals surface area contributed by atoms with Crippen molar-refractivity contribution >= 4 is 11.9 Å². The SMILES string of the molecule is CC/C=C\C/C=C\C/C=C\C/C=C\C/C=C\C/C=C\C(CC(=O)NC(CO)C(O)CCCCCCCCCCCCCC)OC(=O)CCCCCCC/C=C\CCC. The molecule has 0 rings (SSSR count). The summed E-state index contributed by atoms with van der Waals surface area (Å²) >= 11 is 0. The van der Waals surface area contributed by atoms with Gasteiger partial charge in [0.25, 0.3) is 0 Å². The van der Waals surface area contributed by atoms with Gasteiger partial charge in [0.2, 0.25) is 5.91 Å². The van der Waals surface area contributed by atoms with Gasteiger partial charge in [-0.15, -0.1) is 0 Å². The van der Waals surface area contributed by atoms with Gasteiger partial charge in [-0.3, -0.25) is 9.59 Å². The highest BCUT2D eigenvalue weighted by molar-refractivity contribution is 5.78. The third-order valence-corrected chi connectivity index (χ3v) is 10.2. The second-order valence-electron chi connectivity index (χ2n) is 15.8. The fourth-order valence-corrected chi connectivity index (χ4v) is 6.60. The van der Waals surface area contributed by atoms with Crippen LogP contribution in [0.3, 0.4) is 0 Å². The van der Waals surface area contributed by atoms with Crippen molar-refractivity contribution in [1.29, 1.82) is 0 Å². The highest BCUT2D eigenvalue weighted by Crippen LogP contribution is 2.15. The van der Waals surface area contributed by atoms with Gasteiger partial charge < -0.3 is 20.3 Å². The van der Waals surface area contributed by atoms with E-state index in [1.54, 1.807) is 6.08 Å². The van der Waals surface area contributed by atoms with Gasteiger partial charge >= 0.3 is 5.97 Å². The summed E-state index contributed by atoms with van der Waals surface area (Å²) in [6.45, 7) is 6.25. The van der Waals surface area contributed by atoms with Gasteiger partial charge in [0.05, 0.1) is 25.2 Å². The first-order chi connectivity index (χ1) is 28.5. The maximum Gasteiger partial charge on any atom is 0.306 e. The fourth-order valence-electron chi connectivity index (χ4n) is 6.60. The van der Waals surface area contributed by atoms with Crippen molar-refractivity contribution in [3.63, 3.8) is 0 Å². The molecule has 0 aliphatic carbocycles. The fraction of sp³-hybridized carbons (Fsp3) is 0.692. The molecule has 0 aromatic carbocycles. The molecular weight excluding hydrogens is 719 g/mol. The summed E-state index contributed by atoms with van der Waals surface area (Å²) in [5, 5.41) is 23.6. The summed E-state index contributed by atoms with van der Waals surface area (Å²) in [4.78, 5) is 25.9. The number of amides is 1. The van der Waals surface area contributed by atoms with Crippen LogP contribution in [0.5, 0.6) is 0 Å². The van der Waals surface area contributed by atoms with Crippen molar-refractivity contribution in [2.45, 2.75) is 225 Å². The first-order valence-corrected chi connectivity index (χ1v) is 23.8. The van der Waals surface area contributed by atoms with Crippen LogP contribution in [0, 0.1) is 0 Å². The van der Waals surface area contributed by atoms with Gasteiger partial charge in [-0.25, -0.2) is 0 Å². The molecule has 58 heavy (non-hydrogen) atoms. The Kier molecular flexibility index (Phi) is 42.8. The Balaban J connectivity index is 4.80. The van der Waals surface area contributed by atoms with Crippen molar-refractivity contribution in [3.05, 3.63) is 85.1 Å². The Morgan fingerprint density at radius 3 is 1.52 bits per heavy atom. The summed E-state index contributed by atoms with van der Waals surface area (Å²) in [6.07, 6.45) is 58.1. The number of nitrogens with one attached hydrogen (secondary N) is 1. The first kappa shape index (κ1) is 55.0. The zero-order chi connectivity index (χ0) is 42.4. The Morgan fingerprint density at radius 1 is 0.534 bits per heavy atom. The summed E-state index contributed by atoms with van der Waals surface area (Å²) in [5.41, 5.74) is 0. The molecule has 0 spiro atoms. The number of allylic oxidation sites excluding steroid dienone is 13. The van der Waals surface area contributed by atoms with Crippen LogP contribution < -0.4 is 5.32 Å². The molecule has 0 saturated heterocycles. The van der Waals surface area contributed by atoms with E-state index in [9.17, 15) is 19.8 Å². The molecule has 0 saturated carbocycles. The van der Waals surface area contributed by atoms with Crippen molar-refractivity contribution in [2.75, 3.05) is 6.61 Å². The third-order valence-electron chi connectivity index (χ3n) is 10.2. The lowest BCUT2D eigenvalue weighted by atomic mass is 10.0. The van der Waals surface area contributed by atoms with Crippen molar-refractivity contribution in [2.24, 2.45) is 0 Å². The normalized spacial score (nSPS) is 14.1. The molecule has 3 atom stereocenters. The van der Waals surface area contributed by atoms with Crippen LogP contribution in [0.1, 0.15) is 207 Å². The molecule has 332 valence electrons. The van der Waals surface area contributed by atoms with Gasteiger partial charge in [-0.1, -0.05) is 202 Å². The second-order valence-corrected chi connectivity index (χ2v) is 15.8. The Hall–Kier alpha value is -2.96. The van der Waals surface area contributed by atoms with E-state index in [-0.39, 0.29) is 24.9 Å². The average molecular weight is 808 g/mol. The number of aliphatic hydroxyl groups is 2. The molecular formula is C52H89NO5. The topological polar surface area (TPSA) is 95.9 Å². The lowest BCUT2D eigenvalue weighted by Gasteiger charge is -2.23. The summed E-state index contributed by atoms with van der Waals surface area (Å²) in [7, 11) is 0. The smallest absolute Gasteiger partial charge is 0.306 e. The average Bonchev–Trinajstić information content (AvgIpc) is 3.22. The van der Waals surface area contributed by atoms with Crippen LogP contribution in [-0.2, 0) is 14.3 Å². The van der Waals surface area contributed by atoms with E-state index in [0.29, 0.717) is 19.3 Å². The van der Waals surface area contributed by atoms with E-state index in [4.69, 9.17) is 4.74 Å². The predicted octanol–water partition coefficient (Wildman–Crippen LogP) is 14.0. The van der Waals surface area contributed by atoms with Crippen LogP contribution in [0.2, 0.25) is 0 Å².